The summed E-state index contributed by atoms with van der Waals surface area (Å²) in [5, 5.41) is 13.3. The van der Waals surface area contributed by atoms with Crippen LogP contribution < -0.4 is 10.1 Å². The molecule has 0 aliphatic rings. The minimum Gasteiger partial charge on any atom is -0.497 e. The van der Waals surface area contributed by atoms with Crippen molar-refractivity contribution in [2.75, 3.05) is 12.4 Å². The molecule has 0 aliphatic heterocycles. The average Bonchev–Trinajstić information content (AvgIpc) is 3.07. The van der Waals surface area contributed by atoms with E-state index in [9.17, 15) is 10.1 Å². The summed E-state index contributed by atoms with van der Waals surface area (Å²) >= 11 is 10.7. The van der Waals surface area contributed by atoms with Crippen LogP contribution in [0.4, 0.5) is 5.69 Å². The molecule has 1 N–H and O–H groups in total. The fraction of sp³-hybridized carbons (Fsp3) is 0.0476. The number of carbonyl (C=O) groups excluding carboxylic acids is 1. The largest absolute Gasteiger partial charge is 0.497 e. The van der Waals surface area contributed by atoms with Crippen LogP contribution in [0.2, 0.25) is 5.02 Å². The molecular formula is C21H14BrClN2O3S. The second-order valence-corrected chi connectivity index (χ2v) is 8.03. The van der Waals surface area contributed by atoms with Gasteiger partial charge in [0, 0.05) is 21.7 Å². The van der Waals surface area contributed by atoms with Crippen LogP contribution in [0.3, 0.4) is 0 Å². The van der Waals surface area contributed by atoms with Crippen molar-refractivity contribution < 1.29 is 13.9 Å². The minimum absolute atomic E-state index is 0.0786. The second-order valence-electron chi connectivity index (χ2n) is 5.69. The molecular weight excluding hydrogens is 476 g/mol. The molecule has 0 spiro atoms. The predicted octanol–water partition coefficient (Wildman–Crippen LogP) is 6.40. The molecule has 0 unspecified atom stereocenters. The highest BCUT2D eigenvalue weighted by Gasteiger charge is 2.14. The fourth-order valence-electron chi connectivity index (χ4n) is 2.28. The molecule has 146 valence electrons. The lowest BCUT2D eigenvalue weighted by Crippen LogP contribution is -2.13. The number of methoxy groups -OCH3 is 1. The predicted molar refractivity (Wildman–Crippen MR) is 117 cm³/mol. The Morgan fingerprint density at radius 1 is 1.24 bits per heavy atom. The number of nitrogens with zero attached hydrogens (tertiary/aromatic N) is 1. The van der Waals surface area contributed by atoms with E-state index < -0.39 is 5.91 Å². The van der Waals surface area contributed by atoms with Crippen molar-refractivity contribution >= 4 is 57.0 Å². The topological polar surface area (TPSA) is 75.3 Å². The SMILES string of the molecule is COc1ccc(NC(=O)/C(C#N)=C\c2cc(Br)c(Sc3ccc(Cl)cc3)o2)cc1. The summed E-state index contributed by atoms with van der Waals surface area (Å²) in [6, 6.07) is 17.8. The number of amides is 1. The van der Waals surface area contributed by atoms with Crippen molar-refractivity contribution in [2.24, 2.45) is 0 Å². The zero-order valence-electron chi connectivity index (χ0n) is 15.1. The van der Waals surface area contributed by atoms with Crippen LogP contribution in [0.25, 0.3) is 6.08 Å². The van der Waals surface area contributed by atoms with E-state index in [0.29, 0.717) is 27.3 Å². The molecule has 0 atom stereocenters. The van der Waals surface area contributed by atoms with Crippen molar-refractivity contribution in [1.82, 2.24) is 0 Å². The number of halogens is 2. The molecule has 0 aliphatic carbocycles. The van der Waals surface area contributed by atoms with Crippen molar-refractivity contribution in [1.29, 1.82) is 5.26 Å². The Bertz CT molecular complexity index is 1090. The van der Waals surface area contributed by atoms with E-state index in [-0.39, 0.29) is 5.57 Å². The highest BCUT2D eigenvalue weighted by atomic mass is 79.9. The third kappa shape index (κ3) is 5.67. The maximum absolute atomic E-state index is 12.4. The number of benzene rings is 2. The quantitative estimate of drug-likeness (QED) is 0.320. The molecule has 1 heterocycles. The van der Waals surface area contributed by atoms with Gasteiger partial charge in [0.1, 0.15) is 23.2 Å². The Hall–Kier alpha value is -2.66. The van der Waals surface area contributed by atoms with Gasteiger partial charge in [0.05, 0.1) is 11.6 Å². The van der Waals surface area contributed by atoms with E-state index in [4.69, 9.17) is 20.8 Å². The van der Waals surface area contributed by atoms with Gasteiger partial charge in [0.2, 0.25) is 0 Å². The zero-order valence-corrected chi connectivity index (χ0v) is 18.3. The second kappa shape index (κ2) is 9.70. The first-order chi connectivity index (χ1) is 14.0. The lowest BCUT2D eigenvalue weighted by Gasteiger charge is -2.05. The summed E-state index contributed by atoms with van der Waals surface area (Å²) in [6.07, 6.45) is 1.40. The van der Waals surface area contributed by atoms with Gasteiger partial charge in [-0.1, -0.05) is 23.4 Å². The maximum Gasteiger partial charge on any atom is 0.266 e. The Morgan fingerprint density at radius 2 is 1.93 bits per heavy atom. The van der Waals surface area contributed by atoms with Gasteiger partial charge in [-0.3, -0.25) is 4.79 Å². The molecule has 3 aromatic rings. The molecule has 1 aromatic heterocycles. The van der Waals surface area contributed by atoms with Gasteiger partial charge in [0.25, 0.3) is 5.91 Å². The van der Waals surface area contributed by atoms with E-state index >= 15 is 0 Å². The fourth-order valence-corrected chi connectivity index (χ4v) is 3.74. The monoisotopic (exact) mass is 488 g/mol. The molecule has 5 nitrogen and oxygen atoms in total. The number of ether oxygens (including phenoxy) is 1. The minimum atomic E-state index is -0.530. The van der Waals surface area contributed by atoms with Gasteiger partial charge in [-0.25, -0.2) is 0 Å². The Labute approximate surface area is 185 Å². The smallest absolute Gasteiger partial charge is 0.266 e. The summed E-state index contributed by atoms with van der Waals surface area (Å²) in [6.45, 7) is 0. The number of hydrogen-bond acceptors (Lipinski definition) is 5. The molecule has 3 rings (SSSR count). The van der Waals surface area contributed by atoms with Crippen molar-refractivity contribution in [2.45, 2.75) is 9.99 Å². The van der Waals surface area contributed by atoms with E-state index in [2.05, 4.69) is 21.2 Å². The number of furan rings is 1. The standard InChI is InChI=1S/C21H14BrClN2O3S/c1-27-16-6-4-15(5-7-16)25-20(26)13(12-24)10-17-11-19(22)21(28-17)29-18-8-2-14(23)3-9-18/h2-11H,1H3,(H,25,26)/b13-10-. The number of rotatable bonds is 6. The Kier molecular flexibility index (Phi) is 7.04. The molecule has 0 saturated heterocycles. The van der Waals surface area contributed by atoms with Crippen molar-refractivity contribution in [3.05, 3.63) is 75.4 Å². The molecule has 0 bridgehead atoms. The lowest BCUT2D eigenvalue weighted by atomic mass is 10.2. The summed E-state index contributed by atoms with van der Waals surface area (Å²) < 4.78 is 11.6. The first-order valence-electron chi connectivity index (χ1n) is 8.28. The van der Waals surface area contributed by atoms with Crippen molar-refractivity contribution in [3.63, 3.8) is 0 Å². The van der Waals surface area contributed by atoms with Crippen LogP contribution in [-0.4, -0.2) is 13.0 Å². The van der Waals surface area contributed by atoms with E-state index in [1.165, 1.54) is 17.8 Å². The molecule has 8 heteroatoms. The van der Waals surface area contributed by atoms with Crippen LogP contribution in [0.5, 0.6) is 5.75 Å². The number of anilines is 1. The lowest BCUT2D eigenvalue weighted by molar-refractivity contribution is -0.112. The Morgan fingerprint density at radius 3 is 2.55 bits per heavy atom. The number of hydrogen-bond donors (Lipinski definition) is 1. The van der Waals surface area contributed by atoms with Crippen molar-refractivity contribution in [3.8, 4) is 11.8 Å². The molecule has 0 saturated carbocycles. The van der Waals surface area contributed by atoms with Crippen LogP contribution >= 0.6 is 39.3 Å². The van der Waals surface area contributed by atoms with Gasteiger partial charge >= 0.3 is 0 Å². The number of nitriles is 1. The molecule has 29 heavy (non-hydrogen) atoms. The Balaban J connectivity index is 1.75. The van der Waals surface area contributed by atoms with Gasteiger partial charge < -0.3 is 14.5 Å². The summed E-state index contributed by atoms with van der Waals surface area (Å²) in [5.74, 6) is 0.525. The van der Waals surface area contributed by atoms with Gasteiger partial charge in [-0.2, -0.15) is 5.26 Å². The van der Waals surface area contributed by atoms with Gasteiger partial charge in [0.15, 0.2) is 5.09 Å². The van der Waals surface area contributed by atoms with Gasteiger partial charge in [-0.05, 0) is 70.5 Å². The maximum atomic E-state index is 12.4. The normalized spacial score (nSPS) is 11.0. The van der Waals surface area contributed by atoms with Crippen LogP contribution in [-0.2, 0) is 4.79 Å². The molecule has 2 aromatic carbocycles. The van der Waals surface area contributed by atoms with E-state index in [1.807, 2.05) is 18.2 Å². The first kappa shape index (κ1) is 21.1. The van der Waals surface area contributed by atoms with E-state index in [1.54, 1.807) is 49.6 Å². The third-order valence-corrected chi connectivity index (χ3v) is 5.80. The molecule has 1 amide bonds. The highest BCUT2D eigenvalue weighted by Crippen LogP contribution is 2.36. The van der Waals surface area contributed by atoms with Crippen LogP contribution in [0.15, 0.2) is 79.0 Å². The van der Waals surface area contributed by atoms with E-state index in [0.717, 1.165) is 9.37 Å². The highest BCUT2D eigenvalue weighted by molar-refractivity contribution is 9.10. The van der Waals surface area contributed by atoms with Crippen LogP contribution in [0.1, 0.15) is 5.76 Å². The molecule has 0 radical (unpaired) electrons. The van der Waals surface area contributed by atoms with Gasteiger partial charge in [-0.15, -0.1) is 0 Å². The third-order valence-electron chi connectivity index (χ3n) is 3.70. The summed E-state index contributed by atoms with van der Waals surface area (Å²) in [7, 11) is 1.56. The summed E-state index contributed by atoms with van der Waals surface area (Å²) in [4.78, 5) is 13.4. The zero-order chi connectivity index (χ0) is 20.8. The van der Waals surface area contributed by atoms with Crippen LogP contribution in [0, 0.1) is 11.3 Å². The number of nitrogens with one attached hydrogen (secondary N) is 1. The average molecular weight is 490 g/mol. The summed E-state index contributed by atoms with van der Waals surface area (Å²) in [5.41, 5.74) is 0.474. The first-order valence-corrected chi connectivity index (χ1v) is 10.3. The number of carbonyl (C=O) groups is 1. The molecule has 0 fully saturated rings.